The number of nitrogens with two attached hydrogens (primary N) is 2. The third kappa shape index (κ3) is 3.45. The molecule has 1 aliphatic heterocycles. The molecule has 0 bridgehead atoms. The van der Waals surface area contributed by atoms with E-state index in [4.69, 9.17) is 23.1 Å². The van der Waals surface area contributed by atoms with Gasteiger partial charge < -0.3 is 21.7 Å². The van der Waals surface area contributed by atoms with Gasteiger partial charge in [-0.05, 0) is 13.1 Å². The van der Waals surface area contributed by atoms with Gasteiger partial charge in [0.05, 0.1) is 17.1 Å². The summed E-state index contributed by atoms with van der Waals surface area (Å²) in [5.74, 6) is -0.581. The Morgan fingerprint density at radius 3 is 2.55 bits per heavy atom. The molecular weight excluding hydrogens is 281 g/mol. The molecule has 0 aliphatic carbocycles. The monoisotopic (exact) mass is 301 g/mol. The van der Waals surface area contributed by atoms with Gasteiger partial charge in [-0.3, -0.25) is 4.90 Å². The van der Waals surface area contributed by atoms with E-state index in [2.05, 4.69) is 22.2 Å². The highest BCUT2D eigenvalue weighted by Crippen LogP contribution is 2.33. The minimum Gasteiger partial charge on any atom is -0.397 e. The van der Waals surface area contributed by atoms with Gasteiger partial charge in [0.25, 0.3) is 0 Å². The molecule has 0 spiro atoms. The van der Waals surface area contributed by atoms with Crippen LogP contribution in [0.2, 0.25) is 5.02 Å². The molecule has 1 saturated heterocycles. The van der Waals surface area contributed by atoms with Crippen LogP contribution in [0, 0.1) is 5.82 Å². The SMILES string of the molecule is CN1CCN(CCNc2c(N)cc(N)c(Cl)c2F)CC1. The van der Waals surface area contributed by atoms with Crippen LogP contribution in [0.1, 0.15) is 0 Å². The molecule has 1 aliphatic rings. The number of anilines is 3. The van der Waals surface area contributed by atoms with Crippen LogP contribution in [0.5, 0.6) is 0 Å². The zero-order valence-electron chi connectivity index (χ0n) is 11.6. The second-order valence-electron chi connectivity index (χ2n) is 5.13. The number of nitrogens with one attached hydrogen (secondary N) is 1. The van der Waals surface area contributed by atoms with Crippen LogP contribution in [-0.2, 0) is 0 Å². The van der Waals surface area contributed by atoms with Gasteiger partial charge in [0.15, 0.2) is 5.82 Å². The van der Waals surface area contributed by atoms with E-state index in [0.717, 1.165) is 32.7 Å². The zero-order chi connectivity index (χ0) is 14.7. The number of hydrogen-bond acceptors (Lipinski definition) is 5. The summed E-state index contributed by atoms with van der Waals surface area (Å²) in [7, 11) is 2.11. The number of piperazine rings is 1. The lowest BCUT2D eigenvalue weighted by Gasteiger charge is -2.32. The van der Waals surface area contributed by atoms with Crippen molar-refractivity contribution in [2.75, 3.05) is 63.1 Å². The molecule has 1 aromatic rings. The third-order valence-corrected chi connectivity index (χ3v) is 3.98. The quantitative estimate of drug-likeness (QED) is 0.731. The van der Waals surface area contributed by atoms with Crippen LogP contribution in [-0.4, -0.2) is 56.1 Å². The van der Waals surface area contributed by atoms with Gasteiger partial charge in [-0.2, -0.15) is 0 Å². The highest BCUT2D eigenvalue weighted by molar-refractivity contribution is 6.33. The van der Waals surface area contributed by atoms with Crippen LogP contribution in [0.15, 0.2) is 6.07 Å². The molecule has 0 unspecified atom stereocenters. The smallest absolute Gasteiger partial charge is 0.169 e. The standard InChI is InChI=1S/C13H21ClFN5/c1-19-4-6-20(7-5-19)3-2-18-13-10(17)8-9(16)11(14)12(13)15/h8,18H,2-7,16-17H2,1H3. The van der Waals surface area contributed by atoms with Crippen molar-refractivity contribution in [2.24, 2.45) is 0 Å². The fraction of sp³-hybridized carbons (Fsp3) is 0.538. The maximum atomic E-state index is 14.0. The lowest BCUT2D eigenvalue weighted by molar-refractivity contribution is 0.158. The van der Waals surface area contributed by atoms with E-state index in [1.807, 2.05) is 0 Å². The van der Waals surface area contributed by atoms with E-state index in [1.54, 1.807) is 0 Å². The highest BCUT2D eigenvalue weighted by Gasteiger charge is 2.16. The van der Waals surface area contributed by atoms with Crippen molar-refractivity contribution in [1.82, 2.24) is 9.80 Å². The molecule has 0 aromatic heterocycles. The third-order valence-electron chi connectivity index (χ3n) is 3.59. The normalized spacial score (nSPS) is 17.4. The maximum Gasteiger partial charge on any atom is 0.169 e. The Morgan fingerprint density at radius 1 is 1.25 bits per heavy atom. The van der Waals surface area contributed by atoms with E-state index >= 15 is 0 Å². The summed E-state index contributed by atoms with van der Waals surface area (Å²) in [4.78, 5) is 4.63. The van der Waals surface area contributed by atoms with Gasteiger partial charge in [-0.25, -0.2) is 4.39 Å². The Kier molecular flexibility index (Phi) is 4.91. The van der Waals surface area contributed by atoms with Crippen molar-refractivity contribution in [3.8, 4) is 0 Å². The molecule has 20 heavy (non-hydrogen) atoms. The van der Waals surface area contributed by atoms with Gasteiger partial charge in [-0.15, -0.1) is 0 Å². The molecule has 5 N–H and O–H groups in total. The molecule has 0 amide bonds. The van der Waals surface area contributed by atoms with E-state index in [-0.39, 0.29) is 22.1 Å². The maximum absolute atomic E-state index is 14.0. The van der Waals surface area contributed by atoms with Crippen LogP contribution >= 0.6 is 11.6 Å². The molecule has 5 nitrogen and oxygen atoms in total. The minimum absolute atomic E-state index is 0.0821. The van der Waals surface area contributed by atoms with Crippen molar-refractivity contribution in [3.63, 3.8) is 0 Å². The van der Waals surface area contributed by atoms with Crippen LogP contribution in [0.25, 0.3) is 0 Å². The summed E-state index contributed by atoms with van der Waals surface area (Å²) < 4.78 is 14.0. The van der Waals surface area contributed by atoms with Crippen LogP contribution < -0.4 is 16.8 Å². The molecule has 0 radical (unpaired) electrons. The first kappa shape index (κ1) is 15.2. The fourth-order valence-corrected chi connectivity index (χ4v) is 2.41. The number of nitrogens with zero attached hydrogens (tertiary/aromatic N) is 2. The molecule has 0 atom stereocenters. The lowest BCUT2D eigenvalue weighted by atomic mass is 10.2. The number of likely N-dealkylation sites (N-methyl/N-ethyl adjacent to an activating group) is 1. The van der Waals surface area contributed by atoms with E-state index in [1.165, 1.54) is 6.07 Å². The summed E-state index contributed by atoms with van der Waals surface area (Å²) >= 11 is 5.79. The largest absolute Gasteiger partial charge is 0.397 e. The first-order valence-electron chi connectivity index (χ1n) is 6.66. The Labute approximate surface area is 123 Å². The Morgan fingerprint density at radius 2 is 1.90 bits per heavy atom. The highest BCUT2D eigenvalue weighted by atomic mass is 35.5. The molecule has 1 heterocycles. The predicted octanol–water partition coefficient (Wildman–Crippen LogP) is 1.30. The van der Waals surface area contributed by atoms with Crippen molar-refractivity contribution >= 4 is 28.7 Å². The van der Waals surface area contributed by atoms with Crippen molar-refractivity contribution < 1.29 is 4.39 Å². The lowest BCUT2D eigenvalue weighted by Crippen LogP contribution is -2.45. The Hall–Kier alpha value is -1.24. The molecule has 7 heteroatoms. The molecule has 1 aromatic carbocycles. The number of hydrogen-bond donors (Lipinski definition) is 3. The molecule has 2 rings (SSSR count). The second-order valence-corrected chi connectivity index (χ2v) is 5.51. The van der Waals surface area contributed by atoms with Crippen LogP contribution in [0.4, 0.5) is 21.5 Å². The number of rotatable bonds is 4. The number of halogens is 2. The van der Waals surface area contributed by atoms with Gasteiger partial charge in [-0.1, -0.05) is 11.6 Å². The first-order chi connectivity index (χ1) is 9.49. The molecule has 1 fully saturated rings. The average molecular weight is 302 g/mol. The van der Waals surface area contributed by atoms with Crippen LogP contribution in [0.3, 0.4) is 0 Å². The number of benzene rings is 1. The average Bonchev–Trinajstić information content (AvgIpc) is 2.42. The van der Waals surface area contributed by atoms with Gasteiger partial charge >= 0.3 is 0 Å². The van der Waals surface area contributed by atoms with E-state index in [0.29, 0.717) is 6.54 Å². The summed E-state index contributed by atoms with van der Waals surface area (Å²) in [5, 5.41) is 2.93. The topological polar surface area (TPSA) is 70.5 Å². The van der Waals surface area contributed by atoms with Gasteiger partial charge in [0.1, 0.15) is 5.02 Å². The van der Waals surface area contributed by atoms with Gasteiger partial charge in [0, 0.05) is 39.3 Å². The first-order valence-corrected chi connectivity index (χ1v) is 7.04. The Bertz CT molecular complexity index is 474. The predicted molar refractivity (Wildman–Crippen MR) is 82.7 cm³/mol. The summed E-state index contributed by atoms with van der Waals surface area (Å²) in [5.41, 5.74) is 12.0. The summed E-state index contributed by atoms with van der Waals surface area (Å²) in [6, 6.07) is 1.48. The fourth-order valence-electron chi connectivity index (χ4n) is 2.26. The second kappa shape index (κ2) is 6.47. The summed E-state index contributed by atoms with van der Waals surface area (Å²) in [6.45, 7) is 5.63. The van der Waals surface area contributed by atoms with E-state index < -0.39 is 5.82 Å². The zero-order valence-corrected chi connectivity index (χ0v) is 12.4. The number of nitrogen functional groups attached to an aromatic ring is 2. The van der Waals surface area contributed by atoms with Crippen molar-refractivity contribution in [2.45, 2.75) is 0 Å². The molecular formula is C13H21ClFN5. The molecule has 0 saturated carbocycles. The molecule has 112 valence electrons. The van der Waals surface area contributed by atoms with Crippen molar-refractivity contribution in [1.29, 1.82) is 0 Å². The van der Waals surface area contributed by atoms with E-state index in [9.17, 15) is 4.39 Å². The Balaban J connectivity index is 1.90. The van der Waals surface area contributed by atoms with Crippen molar-refractivity contribution in [3.05, 3.63) is 16.9 Å². The minimum atomic E-state index is -0.581. The van der Waals surface area contributed by atoms with Gasteiger partial charge in [0.2, 0.25) is 0 Å². The summed E-state index contributed by atoms with van der Waals surface area (Å²) in [6.07, 6.45) is 0.